The van der Waals surface area contributed by atoms with Crippen LogP contribution in [0.3, 0.4) is 0 Å². The van der Waals surface area contributed by atoms with Gasteiger partial charge in [-0.25, -0.2) is 4.98 Å². The third kappa shape index (κ3) is 3.85. The molecule has 0 spiro atoms. The van der Waals surface area contributed by atoms with Gasteiger partial charge in [0.1, 0.15) is 16.2 Å². The van der Waals surface area contributed by atoms with Crippen molar-refractivity contribution in [2.45, 2.75) is 70.8 Å². The molecule has 7 heteroatoms. The van der Waals surface area contributed by atoms with Crippen molar-refractivity contribution in [1.29, 1.82) is 0 Å². The van der Waals surface area contributed by atoms with Crippen LogP contribution in [0.15, 0.2) is 16.9 Å². The van der Waals surface area contributed by atoms with E-state index in [2.05, 4.69) is 4.72 Å². The number of ether oxygens (including phenoxy) is 1. The number of aromatic nitrogens is 2. The quantitative estimate of drug-likeness (QED) is 0.789. The summed E-state index contributed by atoms with van der Waals surface area (Å²) in [5, 5.41) is 0.582. The van der Waals surface area contributed by atoms with Crippen LogP contribution in [0, 0.1) is 6.92 Å². The molecule has 1 aliphatic heterocycles. The third-order valence-corrected chi connectivity index (χ3v) is 7.03. The average molecular weight is 406 g/mol. The molecule has 1 unspecified atom stereocenters. The van der Waals surface area contributed by atoms with Crippen molar-refractivity contribution in [2.24, 2.45) is 7.05 Å². The summed E-state index contributed by atoms with van der Waals surface area (Å²) >= 11 is -1.23. The van der Waals surface area contributed by atoms with Gasteiger partial charge < -0.3 is 9.29 Å². The fourth-order valence-electron chi connectivity index (χ4n) is 3.71. The van der Waals surface area contributed by atoms with Gasteiger partial charge >= 0.3 is 0 Å². The Morgan fingerprint density at radius 3 is 2.64 bits per heavy atom. The van der Waals surface area contributed by atoms with Crippen LogP contribution in [0.25, 0.3) is 10.9 Å². The second-order valence-electron chi connectivity index (χ2n) is 8.95. The van der Waals surface area contributed by atoms with Gasteiger partial charge in [-0.2, -0.15) is 0 Å². The van der Waals surface area contributed by atoms with Crippen LogP contribution in [-0.4, -0.2) is 25.5 Å². The Morgan fingerprint density at radius 1 is 1.39 bits per heavy atom. The van der Waals surface area contributed by atoms with E-state index < -0.39 is 17.0 Å². The molecule has 0 amide bonds. The smallest absolute Gasteiger partial charge is 0.261 e. The first-order chi connectivity index (χ1) is 12.9. The first kappa shape index (κ1) is 21.3. The Kier molecular flexibility index (Phi) is 5.66. The van der Waals surface area contributed by atoms with E-state index in [1.165, 1.54) is 0 Å². The lowest BCUT2D eigenvalue weighted by atomic mass is 9.99. The van der Waals surface area contributed by atoms with Gasteiger partial charge in [-0.05, 0) is 66.0 Å². The molecule has 1 N–H and O–H groups in total. The summed E-state index contributed by atoms with van der Waals surface area (Å²) in [6.45, 7) is 12.4. The Balaban J connectivity index is 2.18. The molecule has 0 saturated carbocycles. The first-order valence-corrected chi connectivity index (χ1v) is 10.9. The highest BCUT2D eigenvalue weighted by molar-refractivity contribution is 7.90. The standard InChI is InChI=1S/C21H31N3O3S/c1-13-11-15(14(2)23-28(26)20(3,4)5)17-16(12-13)18(25)24(7)19(22-17)21(6)9-8-10-27-21/h11-12,14,23H,8-10H2,1-7H3/t14-,21?,28-/m1/s1. The summed E-state index contributed by atoms with van der Waals surface area (Å²) in [4.78, 5) is 18.1. The van der Waals surface area contributed by atoms with Gasteiger partial charge in [0.15, 0.2) is 0 Å². The highest BCUT2D eigenvalue weighted by Crippen LogP contribution is 2.35. The van der Waals surface area contributed by atoms with Gasteiger partial charge in [0.05, 0.1) is 16.9 Å². The lowest BCUT2D eigenvalue weighted by Crippen LogP contribution is -2.40. The minimum absolute atomic E-state index is 0.0779. The van der Waals surface area contributed by atoms with Gasteiger partial charge in [0.2, 0.25) is 0 Å². The van der Waals surface area contributed by atoms with E-state index in [0.717, 1.165) is 24.0 Å². The van der Waals surface area contributed by atoms with Crippen LogP contribution in [0.5, 0.6) is 0 Å². The zero-order valence-corrected chi connectivity index (χ0v) is 18.7. The Bertz CT molecular complexity index is 943. The minimum atomic E-state index is -1.23. The molecule has 6 nitrogen and oxygen atoms in total. The number of hydrogen-bond donors (Lipinski definition) is 1. The maximum atomic E-state index is 13.1. The molecule has 1 saturated heterocycles. The van der Waals surface area contributed by atoms with E-state index in [4.69, 9.17) is 9.72 Å². The summed E-state index contributed by atoms with van der Waals surface area (Å²) < 4.78 is 23.0. The molecule has 0 aliphatic carbocycles. The molecule has 1 aliphatic rings. The molecule has 154 valence electrons. The topological polar surface area (TPSA) is 79.2 Å². The highest BCUT2D eigenvalue weighted by atomic mass is 32.2. The zero-order valence-electron chi connectivity index (χ0n) is 17.9. The number of hydrogen-bond acceptors (Lipinski definition) is 5. The van der Waals surface area contributed by atoms with Crippen molar-refractivity contribution in [1.82, 2.24) is 14.3 Å². The van der Waals surface area contributed by atoms with E-state index in [1.54, 1.807) is 11.6 Å². The number of aryl methyl sites for hydroxylation is 1. The maximum Gasteiger partial charge on any atom is 0.261 e. The van der Waals surface area contributed by atoms with Gasteiger partial charge in [-0.15, -0.1) is 4.72 Å². The van der Waals surface area contributed by atoms with Crippen molar-refractivity contribution in [3.8, 4) is 0 Å². The fourth-order valence-corrected chi connectivity index (χ4v) is 4.51. The van der Waals surface area contributed by atoms with Crippen LogP contribution in [0.4, 0.5) is 0 Å². The molecule has 1 aromatic carbocycles. The van der Waals surface area contributed by atoms with Crippen LogP contribution in [0.2, 0.25) is 0 Å². The molecular formula is C21H31N3O3S. The number of nitrogens with one attached hydrogen (secondary N) is 1. The van der Waals surface area contributed by atoms with Crippen LogP contribution in [0.1, 0.15) is 70.5 Å². The van der Waals surface area contributed by atoms with Gasteiger partial charge in [-0.1, -0.05) is 6.07 Å². The second kappa shape index (κ2) is 7.44. The molecule has 3 rings (SSSR count). The Hall–Kier alpha value is -1.41. The maximum absolute atomic E-state index is 13.1. The second-order valence-corrected chi connectivity index (χ2v) is 11.0. The predicted molar refractivity (Wildman–Crippen MR) is 114 cm³/mol. The SMILES string of the molecule is Cc1cc([C@@H](C)N[S@+]([O-])C(C)(C)C)c2nc(C3(C)CCCO3)n(C)c(=O)c2c1. The molecule has 0 bridgehead atoms. The lowest BCUT2D eigenvalue weighted by Gasteiger charge is -2.28. The van der Waals surface area contributed by atoms with E-state index >= 15 is 0 Å². The van der Waals surface area contributed by atoms with Gasteiger partial charge in [-0.3, -0.25) is 9.36 Å². The Labute approximate surface area is 170 Å². The van der Waals surface area contributed by atoms with E-state index in [1.807, 2.05) is 53.7 Å². The molecule has 0 radical (unpaired) electrons. The number of fused-ring (bicyclic) bond motifs is 1. The Morgan fingerprint density at radius 2 is 2.07 bits per heavy atom. The largest absolute Gasteiger partial charge is 0.598 e. The minimum Gasteiger partial charge on any atom is -0.598 e. The highest BCUT2D eigenvalue weighted by Gasteiger charge is 2.36. The van der Waals surface area contributed by atoms with E-state index in [-0.39, 0.29) is 16.3 Å². The monoisotopic (exact) mass is 405 g/mol. The summed E-state index contributed by atoms with van der Waals surface area (Å²) in [6.07, 6.45) is 1.79. The summed E-state index contributed by atoms with van der Waals surface area (Å²) in [7, 11) is 1.76. The summed E-state index contributed by atoms with van der Waals surface area (Å²) in [5.41, 5.74) is 1.88. The van der Waals surface area contributed by atoms with Crippen LogP contribution < -0.4 is 10.3 Å². The fraction of sp³-hybridized carbons (Fsp3) is 0.619. The molecule has 1 fully saturated rings. The summed E-state index contributed by atoms with van der Waals surface area (Å²) in [6, 6.07) is 3.68. The van der Waals surface area contributed by atoms with Crippen molar-refractivity contribution >= 4 is 22.3 Å². The van der Waals surface area contributed by atoms with Crippen LogP contribution in [-0.2, 0) is 28.7 Å². The lowest BCUT2D eigenvalue weighted by molar-refractivity contribution is 0.00637. The normalized spacial score (nSPS) is 22.6. The van der Waals surface area contributed by atoms with Crippen molar-refractivity contribution < 1.29 is 9.29 Å². The number of rotatable bonds is 4. The van der Waals surface area contributed by atoms with E-state index in [0.29, 0.717) is 23.3 Å². The van der Waals surface area contributed by atoms with Gasteiger partial charge in [0.25, 0.3) is 5.56 Å². The van der Waals surface area contributed by atoms with Crippen molar-refractivity contribution in [3.05, 3.63) is 39.4 Å². The summed E-state index contributed by atoms with van der Waals surface area (Å²) in [5.74, 6) is 0.650. The molecule has 2 aromatic rings. The molecular weight excluding hydrogens is 374 g/mol. The average Bonchev–Trinajstić information content (AvgIpc) is 3.04. The van der Waals surface area contributed by atoms with Crippen molar-refractivity contribution in [3.63, 3.8) is 0 Å². The molecule has 2 heterocycles. The first-order valence-electron chi connectivity index (χ1n) is 9.78. The molecule has 28 heavy (non-hydrogen) atoms. The van der Waals surface area contributed by atoms with Gasteiger partial charge in [0, 0.05) is 30.6 Å². The van der Waals surface area contributed by atoms with Crippen molar-refractivity contribution in [2.75, 3.05) is 6.61 Å². The zero-order chi connectivity index (χ0) is 20.9. The third-order valence-electron chi connectivity index (χ3n) is 5.35. The molecule has 1 aromatic heterocycles. The number of nitrogens with zero attached hydrogens (tertiary/aromatic N) is 2. The predicted octanol–water partition coefficient (Wildman–Crippen LogP) is 3.38. The van der Waals surface area contributed by atoms with Crippen LogP contribution >= 0.6 is 0 Å². The van der Waals surface area contributed by atoms with E-state index in [9.17, 15) is 9.35 Å². The number of benzene rings is 1. The molecule has 3 atom stereocenters.